The van der Waals surface area contributed by atoms with Crippen LogP contribution in [0.5, 0.6) is 0 Å². The van der Waals surface area contributed by atoms with Gasteiger partial charge in [-0.05, 0) is 18.6 Å². The number of benzene rings is 1. The topological polar surface area (TPSA) is 51.3 Å². The van der Waals surface area contributed by atoms with Crippen molar-refractivity contribution in [2.24, 2.45) is 0 Å². The Morgan fingerprint density at radius 2 is 2.12 bits per heavy atom. The minimum Gasteiger partial charge on any atom is -0.358 e. The first-order chi connectivity index (χ1) is 7.72. The first-order valence-corrected chi connectivity index (χ1v) is 5.02. The van der Waals surface area contributed by atoms with E-state index in [1.54, 1.807) is 0 Å². The molecule has 0 fully saturated rings. The molecule has 0 aliphatic carbocycles. The molecule has 0 amide bonds. The minimum absolute atomic E-state index is 0.212. The molecule has 2 aromatic rings. The molecule has 0 aliphatic heterocycles. The summed E-state index contributed by atoms with van der Waals surface area (Å²) in [5, 5.41) is 1.05. The molecule has 4 heteroatoms. The van der Waals surface area contributed by atoms with E-state index in [4.69, 9.17) is 0 Å². The zero-order chi connectivity index (χ0) is 11.5. The fourth-order valence-corrected chi connectivity index (χ4v) is 1.83. The van der Waals surface area contributed by atoms with Gasteiger partial charge >= 0.3 is 5.97 Å². The van der Waals surface area contributed by atoms with Gasteiger partial charge in [0, 0.05) is 16.6 Å². The Morgan fingerprint density at radius 3 is 2.88 bits per heavy atom. The lowest BCUT2D eigenvalue weighted by Gasteiger charge is -2.00. The number of H-pyrrole nitrogens is 1. The highest BCUT2D eigenvalue weighted by Gasteiger charge is 2.13. The van der Waals surface area contributed by atoms with E-state index in [1.165, 1.54) is 7.11 Å². The van der Waals surface area contributed by atoms with Crippen molar-refractivity contribution < 1.29 is 14.6 Å². The van der Waals surface area contributed by atoms with Crippen molar-refractivity contribution in [3.05, 3.63) is 35.5 Å². The van der Waals surface area contributed by atoms with Gasteiger partial charge < -0.3 is 4.98 Å². The van der Waals surface area contributed by atoms with E-state index in [2.05, 4.69) is 14.8 Å². The third kappa shape index (κ3) is 1.92. The smallest absolute Gasteiger partial charge is 0.346 e. The normalized spacial score (nSPS) is 10.6. The van der Waals surface area contributed by atoms with Gasteiger partial charge in [-0.25, -0.2) is 4.79 Å². The number of fused-ring (bicyclic) bond motifs is 1. The van der Waals surface area contributed by atoms with E-state index in [0.717, 1.165) is 22.2 Å². The summed E-state index contributed by atoms with van der Waals surface area (Å²) in [7, 11) is 1.32. The molecule has 1 heterocycles. The summed E-state index contributed by atoms with van der Waals surface area (Å²) in [5.74, 6) is -0.393. The standard InChI is InChI=1S/C12H13NO3/c1-8-10(7-12(14)16-15-2)9-5-3-4-6-11(9)13-8/h3-6,13H,7H2,1-2H3. The summed E-state index contributed by atoms with van der Waals surface area (Å²) in [6.45, 7) is 1.94. The van der Waals surface area contributed by atoms with Crippen molar-refractivity contribution in [2.75, 3.05) is 7.11 Å². The fraction of sp³-hybridized carbons (Fsp3) is 0.250. The second-order valence-electron chi connectivity index (χ2n) is 3.57. The lowest BCUT2D eigenvalue weighted by atomic mass is 10.1. The molecule has 1 aromatic carbocycles. The SMILES string of the molecule is COOC(=O)Cc1c(C)[nH]c2ccccc12. The fourth-order valence-electron chi connectivity index (χ4n) is 1.83. The van der Waals surface area contributed by atoms with Crippen LogP contribution in [-0.2, 0) is 21.0 Å². The molecule has 16 heavy (non-hydrogen) atoms. The number of aromatic nitrogens is 1. The van der Waals surface area contributed by atoms with Gasteiger partial charge in [0.1, 0.15) is 0 Å². The van der Waals surface area contributed by atoms with Gasteiger partial charge in [0.05, 0.1) is 13.5 Å². The molecule has 0 atom stereocenters. The Morgan fingerprint density at radius 1 is 1.38 bits per heavy atom. The van der Waals surface area contributed by atoms with Crippen LogP contribution in [0.3, 0.4) is 0 Å². The number of hydrogen-bond acceptors (Lipinski definition) is 3. The van der Waals surface area contributed by atoms with Gasteiger partial charge in [-0.15, -0.1) is 0 Å². The zero-order valence-electron chi connectivity index (χ0n) is 9.24. The van der Waals surface area contributed by atoms with Crippen LogP contribution in [0.15, 0.2) is 24.3 Å². The summed E-state index contributed by atoms with van der Waals surface area (Å²) in [6, 6.07) is 7.86. The second-order valence-corrected chi connectivity index (χ2v) is 3.57. The van der Waals surface area contributed by atoms with Gasteiger partial charge in [-0.2, -0.15) is 4.89 Å². The largest absolute Gasteiger partial charge is 0.358 e. The lowest BCUT2D eigenvalue weighted by molar-refractivity contribution is -0.254. The highest BCUT2D eigenvalue weighted by Crippen LogP contribution is 2.22. The predicted molar refractivity (Wildman–Crippen MR) is 59.8 cm³/mol. The van der Waals surface area contributed by atoms with E-state index in [-0.39, 0.29) is 6.42 Å². The molecule has 0 spiro atoms. The van der Waals surface area contributed by atoms with Crippen molar-refractivity contribution in [1.82, 2.24) is 4.98 Å². The molecule has 0 radical (unpaired) electrons. The maximum atomic E-state index is 11.3. The first kappa shape index (κ1) is 10.7. The van der Waals surface area contributed by atoms with E-state index in [0.29, 0.717) is 0 Å². The molecule has 4 nitrogen and oxygen atoms in total. The monoisotopic (exact) mass is 219 g/mol. The molecule has 0 saturated carbocycles. The molecule has 0 bridgehead atoms. The molecule has 0 unspecified atom stereocenters. The highest BCUT2D eigenvalue weighted by atomic mass is 17.2. The van der Waals surface area contributed by atoms with Crippen LogP contribution in [0.1, 0.15) is 11.3 Å². The van der Waals surface area contributed by atoms with Crippen molar-refractivity contribution in [2.45, 2.75) is 13.3 Å². The first-order valence-electron chi connectivity index (χ1n) is 5.02. The van der Waals surface area contributed by atoms with Crippen LogP contribution < -0.4 is 0 Å². The average Bonchev–Trinajstić information content (AvgIpc) is 2.56. The lowest BCUT2D eigenvalue weighted by Crippen LogP contribution is -2.07. The van der Waals surface area contributed by atoms with Gasteiger partial charge in [-0.3, -0.25) is 4.89 Å². The van der Waals surface area contributed by atoms with E-state index < -0.39 is 5.97 Å². The number of carbonyl (C=O) groups excluding carboxylic acids is 1. The highest BCUT2D eigenvalue weighted by molar-refractivity contribution is 5.88. The van der Waals surface area contributed by atoms with E-state index >= 15 is 0 Å². The Balaban J connectivity index is 2.36. The predicted octanol–water partition coefficient (Wildman–Crippen LogP) is 2.12. The maximum absolute atomic E-state index is 11.3. The molecule has 1 aromatic heterocycles. The van der Waals surface area contributed by atoms with Crippen molar-refractivity contribution in [3.8, 4) is 0 Å². The number of para-hydroxylation sites is 1. The molecule has 2 rings (SSSR count). The summed E-state index contributed by atoms with van der Waals surface area (Å²) in [5.41, 5.74) is 2.96. The molecule has 84 valence electrons. The third-order valence-electron chi connectivity index (χ3n) is 2.52. The van der Waals surface area contributed by atoms with Crippen LogP contribution in [0.4, 0.5) is 0 Å². The third-order valence-corrected chi connectivity index (χ3v) is 2.52. The Kier molecular flexibility index (Phi) is 2.92. The number of aryl methyl sites for hydroxylation is 1. The van der Waals surface area contributed by atoms with Crippen LogP contribution in [0.2, 0.25) is 0 Å². The van der Waals surface area contributed by atoms with Crippen LogP contribution in [0.25, 0.3) is 10.9 Å². The van der Waals surface area contributed by atoms with Crippen molar-refractivity contribution >= 4 is 16.9 Å². The number of rotatable bonds is 3. The van der Waals surface area contributed by atoms with Crippen LogP contribution in [-0.4, -0.2) is 18.1 Å². The van der Waals surface area contributed by atoms with Crippen LogP contribution >= 0.6 is 0 Å². The molecular weight excluding hydrogens is 206 g/mol. The van der Waals surface area contributed by atoms with Crippen LogP contribution in [0, 0.1) is 6.92 Å². The van der Waals surface area contributed by atoms with E-state index in [9.17, 15) is 4.79 Å². The number of nitrogens with one attached hydrogen (secondary N) is 1. The van der Waals surface area contributed by atoms with Gasteiger partial charge in [0.2, 0.25) is 0 Å². The number of carbonyl (C=O) groups is 1. The van der Waals surface area contributed by atoms with Gasteiger partial charge in [0.15, 0.2) is 0 Å². The summed E-state index contributed by atoms with van der Waals surface area (Å²) >= 11 is 0. The Bertz CT molecular complexity index is 516. The van der Waals surface area contributed by atoms with Gasteiger partial charge in [-0.1, -0.05) is 18.2 Å². The summed E-state index contributed by atoms with van der Waals surface area (Å²) in [6.07, 6.45) is 0.212. The quantitative estimate of drug-likeness (QED) is 0.635. The van der Waals surface area contributed by atoms with Gasteiger partial charge in [0.25, 0.3) is 0 Å². The second kappa shape index (κ2) is 4.37. The number of aromatic amines is 1. The number of hydrogen-bond donors (Lipinski definition) is 1. The summed E-state index contributed by atoms with van der Waals surface area (Å²) < 4.78 is 0. The minimum atomic E-state index is -0.393. The average molecular weight is 219 g/mol. The molecule has 0 aliphatic rings. The molecule has 0 saturated heterocycles. The van der Waals surface area contributed by atoms with Crippen molar-refractivity contribution in [1.29, 1.82) is 0 Å². The maximum Gasteiger partial charge on any atom is 0.346 e. The zero-order valence-corrected chi connectivity index (χ0v) is 9.24. The Labute approximate surface area is 93.1 Å². The Hall–Kier alpha value is -1.81. The molecular formula is C12H13NO3. The summed E-state index contributed by atoms with van der Waals surface area (Å²) in [4.78, 5) is 23.4. The van der Waals surface area contributed by atoms with Crippen molar-refractivity contribution in [3.63, 3.8) is 0 Å². The molecule has 1 N–H and O–H groups in total. The van der Waals surface area contributed by atoms with E-state index in [1.807, 2.05) is 31.2 Å².